The van der Waals surface area contributed by atoms with Crippen LogP contribution in [0.25, 0.3) is 11.2 Å². The molecule has 0 amide bonds. The van der Waals surface area contributed by atoms with E-state index in [1.807, 2.05) is 28.6 Å². The molecule has 0 aliphatic heterocycles. The van der Waals surface area contributed by atoms with Crippen molar-refractivity contribution in [2.24, 2.45) is 0 Å². The highest BCUT2D eigenvalue weighted by molar-refractivity contribution is 5.83. The number of methoxy groups -OCH3 is 1. The number of aromatic nitrogens is 5. The van der Waals surface area contributed by atoms with Gasteiger partial charge in [-0.1, -0.05) is 19.4 Å². The first-order valence-corrected chi connectivity index (χ1v) is 12.6. The van der Waals surface area contributed by atoms with Crippen LogP contribution in [-0.4, -0.2) is 82.4 Å². The summed E-state index contributed by atoms with van der Waals surface area (Å²) in [7, 11) is 3.45. The van der Waals surface area contributed by atoms with Gasteiger partial charge in [-0.15, -0.1) is 0 Å². The Bertz CT molecular complexity index is 1140. The Hall–Kier alpha value is -3.67. The summed E-state index contributed by atoms with van der Waals surface area (Å²) in [5.74, 6) is 0.579. The number of rotatable bonds is 16. The maximum Gasteiger partial charge on any atom is 0.320 e. The lowest BCUT2D eigenvalue weighted by atomic mass is 10.3. The molecule has 0 saturated carbocycles. The molecule has 0 aliphatic carbocycles. The summed E-state index contributed by atoms with van der Waals surface area (Å²) < 4.78 is 23.7. The van der Waals surface area contributed by atoms with Crippen LogP contribution in [-0.2, 0) is 16.1 Å². The van der Waals surface area contributed by atoms with E-state index in [0.717, 1.165) is 37.8 Å². The average Bonchev–Trinajstić information content (AvgIpc) is 3.23. The standard InChI is InChI=1S/C25H37N7O5/c1-5-7-13-37-24-29-22(26)21-23(30-24)32(25(28-21)34-4)16-18-10-11-19(27-15-18)36-14-9-8-12-31(3)17-20(33)35-6-2/h10-11,15H,5-9,12-14,16-17H2,1-4H3,(H2,26,29,30). The van der Waals surface area contributed by atoms with Crippen LogP contribution < -0.4 is 19.9 Å². The largest absolute Gasteiger partial charge is 0.478 e. The molecule has 3 aromatic rings. The number of carbonyl (C=O) groups is 1. The fraction of sp³-hybridized carbons (Fsp3) is 0.560. The normalized spacial score (nSPS) is 11.2. The first-order chi connectivity index (χ1) is 17.9. The Morgan fingerprint density at radius 1 is 1.08 bits per heavy atom. The van der Waals surface area contributed by atoms with Crippen molar-refractivity contribution in [2.45, 2.75) is 46.1 Å². The molecule has 2 N–H and O–H groups in total. The van der Waals surface area contributed by atoms with Crippen LogP contribution in [0.2, 0.25) is 0 Å². The summed E-state index contributed by atoms with van der Waals surface area (Å²) in [5, 5.41) is 0. The first-order valence-electron chi connectivity index (χ1n) is 12.6. The van der Waals surface area contributed by atoms with Crippen molar-refractivity contribution in [2.75, 3.05) is 52.8 Å². The van der Waals surface area contributed by atoms with Gasteiger partial charge in [-0.25, -0.2) is 4.98 Å². The first kappa shape index (κ1) is 27.9. The fourth-order valence-electron chi connectivity index (χ4n) is 3.59. The molecule has 0 spiro atoms. The molecule has 0 radical (unpaired) electrons. The zero-order chi connectivity index (χ0) is 26.6. The van der Waals surface area contributed by atoms with Crippen LogP contribution in [0.5, 0.6) is 17.9 Å². The van der Waals surface area contributed by atoms with Crippen LogP contribution in [0.3, 0.4) is 0 Å². The highest BCUT2D eigenvalue weighted by Gasteiger charge is 2.18. The minimum atomic E-state index is -0.205. The van der Waals surface area contributed by atoms with E-state index in [1.165, 1.54) is 0 Å². The van der Waals surface area contributed by atoms with Crippen LogP contribution in [0.4, 0.5) is 5.82 Å². The summed E-state index contributed by atoms with van der Waals surface area (Å²) in [5.41, 5.74) is 8.02. The summed E-state index contributed by atoms with van der Waals surface area (Å²) in [6.07, 6.45) is 5.40. The van der Waals surface area contributed by atoms with Crippen LogP contribution >= 0.6 is 0 Å². The molecule has 0 saturated heterocycles. The van der Waals surface area contributed by atoms with Crippen molar-refractivity contribution in [1.29, 1.82) is 0 Å². The predicted molar refractivity (Wildman–Crippen MR) is 139 cm³/mol. The lowest BCUT2D eigenvalue weighted by Crippen LogP contribution is -2.28. The van der Waals surface area contributed by atoms with Crippen molar-refractivity contribution in [1.82, 2.24) is 29.4 Å². The van der Waals surface area contributed by atoms with E-state index in [2.05, 4.69) is 26.9 Å². The quantitative estimate of drug-likeness (QED) is 0.222. The molecule has 3 aromatic heterocycles. The Labute approximate surface area is 217 Å². The molecule has 3 heterocycles. The second kappa shape index (κ2) is 14.2. The van der Waals surface area contributed by atoms with E-state index < -0.39 is 0 Å². The topological polar surface area (TPSA) is 140 Å². The third-order valence-corrected chi connectivity index (χ3v) is 5.50. The van der Waals surface area contributed by atoms with Gasteiger partial charge < -0.3 is 24.7 Å². The van der Waals surface area contributed by atoms with Crippen molar-refractivity contribution in [3.63, 3.8) is 0 Å². The number of hydrogen-bond acceptors (Lipinski definition) is 11. The van der Waals surface area contributed by atoms with Crippen molar-refractivity contribution < 1.29 is 23.7 Å². The molecule has 3 rings (SSSR count). The Kier molecular flexibility index (Phi) is 10.7. The predicted octanol–water partition coefficient (Wildman–Crippen LogP) is 2.69. The number of nitrogens with zero attached hydrogens (tertiary/aromatic N) is 6. The molecule has 0 bridgehead atoms. The number of nitrogens with two attached hydrogens (primary N) is 1. The minimum Gasteiger partial charge on any atom is -0.478 e. The number of fused-ring (bicyclic) bond motifs is 1. The number of carbonyl (C=O) groups excluding carboxylic acids is 1. The Morgan fingerprint density at radius 3 is 2.59 bits per heavy atom. The molecule has 0 unspecified atom stereocenters. The number of likely N-dealkylation sites (N-methyl/N-ethyl adjacent to an activating group) is 1. The second-order valence-corrected chi connectivity index (χ2v) is 8.55. The van der Waals surface area contributed by atoms with Crippen molar-refractivity contribution >= 4 is 23.0 Å². The van der Waals surface area contributed by atoms with Crippen LogP contribution in [0.1, 0.15) is 45.1 Å². The Balaban J connectivity index is 1.56. The van der Waals surface area contributed by atoms with E-state index in [0.29, 0.717) is 56.0 Å². The summed E-state index contributed by atoms with van der Waals surface area (Å²) in [6, 6.07) is 4.35. The molecule has 12 nitrogen and oxygen atoms in total. The van der Waals surface area contributed by atoms with Crippen LogP contribution in [0, 0.1) is 0 Å². The number of nitrogen functional groups attached to an aromatic ring is 1. The highest BCUT2D eigenvalue weighted by Crippen LogP contribution is 2.26. The minimum absolute atomic E-state index is 0.205. The van der Waals surface area contributed by atoms with Gasteiger partial charge in [0.15, 0.2) is 17.0 Å². The number of esters is 1. The molecule has 12 heteroatoms. The molecular weight excluding hydrogens is 478 g/mol. The zero-order valence-electron chi connectivity index (χ0n) is 22.1. The van der Waals surface area contributed by atoms with Crippen molar-refractivity contribution in [3.8, 4) is 17.9 Å². The average molecular weight is 516 g/mol. The molecule has 0 atom stereocenters. The van der Waals surface area contributed by atoms with Gasteiger partial charge in [-0.05, 0) is 45.3 Å². The van der Waals surface area contributed by atoms with Gasteiger partial charge in [0.05, 0.1) is 40.0 Å². The van der Waals surface area contributed by atoms with E-state index in [4.69, 9.17) is 24.7 Å². The van der Waals surface area contributed by atoms with Gasteiger partial charge in [-0.2, -0.15) is 15.0 Å². The summed E-state index contributed by atoms with van der Waals surface area (Å²) in [4.78, 5) is 31.0. The SMILES string of the molecule is CCCCOc1nc(N)c2nc(OC)n(Cc3ccc(OCCCCN(C)CC(=O)OCC)nc3)c2n1. The number of hydrogen-bond donors (Lipinski definition) is 1. The highest BCUT2D eigenvalue weighted by atomic mass is 16.5. The maximum absolute atomic E-state index is 11.5. The van der Waals surface area contributed by atoms with Gasteiger partial charge in [0.1, 0.15) is 0 Å². The van der Waals surface area contributed by atoms with E-state index in [9.17, 15) is 4.79 Å². The smallest absolute Gasteiger partial charge is 0.320 e. The fourth-order valence-corrected chi connectivity index (χ4v) is 3.59. The molecule has 202 valence electrons. The van der Waals surface area contributed by atoms with Gasteiger partial charge in [0.2, 0.25) is 5.88 Å². The summed E-state index contributed by atoms with van der Waals surface area (Å²) >= 11 is 0. The Morgan fingerprint density at radius 2 is 1.89 bits per heavy atom. The zero-order valence-corrected chi connectivity index (χ0v) is 22.1. The molecular formula is C25H37N7O5. The van der Waals surface area contributed by atoms with E-state index in [1.54, 1.807) is 20.2 Å². The van der Waals surface area contributed by atoms with Crippen LogP contribution in [0.15, 0.2) is 18.3 Å². The molecule has 0 fully saturated rings. The third-order valence-electron chi connectivity index (χ3n) is 5.50. The number of imidazole rings is 1. The second-order valence-electron chi connectivity index (χ2n) is 8.55. The number of anilines is 1. The van der Waals surface area contributed by atoms with E-state index >= 15 is 0 Å². The number of pyridine rings is 1. The lowest BCUT2D eigenvalue weighted by molar-refractivity contribution is -0.144. The van der Waals surface area contributed by atoms with Crippen molar-refractivity contribution in [3.05, 3.63) is 23.9 Å². The lowest BCUT2D eigenvalue weighted by Gasteiger charge is -2.15. The monoisotopic (exact) mass is 515 g/mol. The van der Waals surface area contributed by atoms with E-state index in [-0.39, 0.29) is 17.8 Å². The van der Waals surface area contributed by atoms with Gasteiger partial charge in [0.25, 0.3) is 6.01 Å². The molecule has 37 heavy (non-hydrogen) atoms. The van der Waals surface area contributed by atoms with Gasteiger partial charge >= 0.3 is 12.0 Å². The number of unbranched alkanes of at least 4 members (excludes halogenated alkanes) is 2. The third kappa shape index (κ3) is 8.17. The molecule has 0 aromatic carbocycles. The number of ether oxygens (including phenoxy) is 4. The summed E-state index contributed by atoms with van der Waals surface area (Å²) in [6.45, 7) is 6.84. The maximum atomic E-state index is 11.5. The molecule has 0 aliphatic rings. The van der Waals surface area contributed by atoms with Gasteiger partial charge in [-0.3, -0.25) is 14.3 Å². The van der Waals surface area contributed by atoms with Gasteiger partial charge in [0, 0.05) is 12.3 Å².